The minimum Gasteiger partial charge on any atom is -0.356 e. The Balaban J connectivity index is 1.47. The fourth-order valence-corrected chi connectivity index (χ4v) is 3.05. The summed E-state index contributed by atoms with van der Waals surface area (Å²) in [5.74, 6) is 2.76. The van der Waals surface area contributed by atoms with Gasteiger partial charge in [-0.05, 0) is 24.0 Å². The van der Waals surface area contributed by atoms with Crippen LogP contribution in [0.25, 0.3) is 0 Å². The number of fused-ring (bicyclic) bond motifs is 1. The molecule has 0 saturated carbocycles. The van der Waals surface area contributed by atoms with Crippen LogP contribution in [-0.4, -0.2) is 41.1 Å². The van der Waals surface area contributed by atoms with Gasteiger partial charge in [-0.2, -0.15) is 4.98 Å². The van der Waals surface area contributed by atoms with Crippen molar-refractivity contribution >= 4 is 5.96 Å². The summed E-state index contributed by atoms with van der Waals surface area (Å²) in [5.41, 5.74) is 2.84. The molecule has 134 valence electrons. The predicted octanol–water partition coefficient (Wildman–Crippen LogP) is 2.76. The Kier molecular flexibility index (Phi) is 5.68. The van der Waals surface area contributed by atoms with Gasteiger partial charge in [0.05, 0.1) is 0 Å². The molecule has 0 amide bonds. The number of aryl methyl sites for hydroxylation is 1. The minimum atomic E-state index is 0.302. The number of guanidine groups is 1. The van der Waals surface area contributed by atoms with Crippen molar-refractivity contribution in [2.24, 2.45) is 4.99 Å². The van der Waals surface area contributed by atoms with Gasteiger partial charge in [0.2, 0.25) is 5.89 Å². The molecule has 6 nitrogen and oxygen atoms in total. The van der Waals surface area contributed by atoms with Crippen LogP contribution < -0.4 is 5.32 Å². The van der Waals surface area contributed by atoms with Gasteiger partial charge in [-0.15, -0.1) is 0 Å². The maximum atomic E-state index is 5.29. The van der Waals surface area contributed by atoms with E-state index in [-0.39, 0.29) is 0 Å². The average Bonchev–Trinajstić information content (AvgIpc) is 3.11. The first-order valence-corrected chi connectivity index (χ1v) is 9.02. The Bertz CT molecular complexity index is 722. The average molecular weight is 341 g/mol. The lowest BCUT2D eigenvalue weighted by Crippen LogP contribution is -2.44. The molecule has 1 aromatic heterocycles. The maximum absolute atomic E-state index is 5.29. The van der Waals surface area contributed by atoms with Gasteiger partial charge in [0, 0.05) is 39.0 Å². The molecule has 0 bridgehead atoms. The smallest absolute Gasteiger partial charge is 0.226 e. The second kappa shape index (κ2) is 8.14. The Morgan fingerprint density at radius 2 is 2.12 bits per heavy atom. The molecule has 0 fully saturated rings. The fraction of sp³-hybridized carbons (Fsp3) is 0.526. The highest BCUT2D eigenvalue weighted by atomic mass is 16.5. The largest absolute Gasteiger partial charge is 0.356 e. The number of aliphatic imine (C=N–C) groups is 1. The van der Waals surface area contributed by atoms with E-state index in [1.807, 2.05) is 7.05 Å². The molecule has 1 aliphatic rings. The number of nitrogens with one attached hydrogen (secondary N) is 1. The highest BCUT2D eigenvalue weighted by molar-refractivity contribution is 5.80. The first-order valence-electron chi connectivity index (χ1n) is 9.02. The van der Waals surface area contributed by atoms with Crippen LogP contribution in [0, 0.1) is 0 Å². The van der Waals surface area contributed by atoms with Gasteiger partial charge < -0.3 is 14.7 Å². The lowest BCUT2D eigenvalue weighted by molar-refractivity contribution is 0.365. The Morgan fingerprint density at radius 3 is 2.84 bits per heavy atom. The maximum Gasteiger partial charge on any atom is 0.226 e. The fourth-order valence-electron chi connectivity index (χ4n) is 3.05. The second-order valence-corrected chi connectivity index (χ2v) is 6.72. The molecule has 1 aliphatic heterocycles. The van der Waals surface area contributed by atoms with Crippen LogP contribution in [0.5, 0.6) is 0 Å². The number of aromatic nitrogens is 2. The molecular weight excluding hydrogens is 314 g/mol. The third-order valence-electron chi connectivity index (χ3n) is 4.49. The molecular formula is C19H27N5O. The van der Waals surface area contributed by atoms with Crippen molar-refractivity contribution in [2.75, 3.05) is 20.1 Å². The van der Waals surface area contributed by atoms with E-state index >= 15 is 0 Å². The zero-order valence-electron chi connectivity index (χ0n) is 15.3. The van der Waals surface area contributed by atoms with Crippen molar-refractivity contribution in [3.63, 3.8) is 0 Å². The van der Waals surface area contributed by atoms with Gasteiger partial charge >= 0.3 is 0 Å². The Morgan fingerprint density at radius 1 is 1.32 bits per heavy atom. The van der Waals surface area contributed by atoms with Gasteiger partial charge in [-0.25, -0.2) is 0 Å². The summed E-state index contributed by atoms with van der Waals surface area (Å²) in [6.07, 6.45) is 2.78. The van der Waals surface area contributed by atoms with Gasteiger partial charge in [0.1, 0.15) is 0 Å². The molecule has 1 N–H and O–H groups in total. The number of hydrogen-bond donors (Lipinski definition) is 1. The quantitative estimate of drug-likeness (QED) is 0.515. The molecule has 1 aromatic carbocycles. The van der Waals surface area contributed by atoms with Crippen molar-refractivity contribution in [3.8, 4) is 0 Å². The molecule has 0 unspecified atom stereocenters. The summed E-state index contributed by atoms with van der Waals surface area (Å²) >= 11 is 0. The standard InChI is InChI=1S/C19H27N5O/c1-14(2)18-22-17(25-23-18)9-6-11-21-19(20-3)24-12-10-15-7-4-5-8-16(15)13-24/h4-5,7-8,14H,6,9-13H2,1-3H3,(H,20,21). The summed E-state index contributed by atoms with van der Waals surface area (Å²) in [4.78, 5) is 11.2. The highest BCUT2D eigenvalue weighted by Gasteiger charge is 2.18. The molecule has 25 heavy (non-hydrogen) atoms. The summed E-state index contributed by atoms with van der Waals surface area (Å²) in [5, 5.41) is 7.46. The molecule has 0 radical (unpaired) electrons. The zero-order valence-corrected chi connectivity index (χ0v) is 15.3. The van der Waals surface area contributed by atoms with E-state index in [1.54, 1.807) is 0 Å². The summed E-state index contributed by atoms with van der Waals surface area (Å²) in [6, 6.07) is 8.65. The molecule has 2 aromatic rings. The lowest BCUT2D eigenvalue weighted by atomic mass is 10.0. The molecule has 6 heteroatoms. The van der Waals surface area contributed by atoms with Crippen LogP contribution >= 0.6 is 0 Å². The van der Waals surface area contributed by atoms with Crippen molar-refractivity contribution < 1.29 is 4.52 Å². The summed E-state index contributed by atoms with van der Waals surface area (Å²) < 4.78 is 5.29. The van der Waals surface area contributed by atoms with E-state index in [1.165, 1.54) is 11.1 Å². The first kappa shape index (κ1) is 17.5. The molecule has 2 heterocycles. The Labute approximate surface area is 149 Å². The van der Waals surface area contributed by atoms with Gasteiger partial charge in [0.15, 0.2) is 11.8 Å². The van der Waals surface area contributed by atoms with Crippen molar-refractivity contribution in [1.29, 1.82) is 0 Å². The van der Waals surface area contributed by atoms with Crippen LogP contribution in [0.1, 0.15) is 49.0 Å². The number of nitrogens with zero attached hydrogens (tertiary/aromatic N) is 4. The molecule has 0 aliphatic carbocycles. The van der Waals surface area contributed by atoms with E-state index in [0.29, 0.717) is 11.8 Å². The number of benzene rings is 1. The van der Waals surface area contributed by atoms with Crippen molar-refractivity contribution in [1.82, 2.24) is 20.4 Å². The lowest BCUT2D eigenvalue weighted by Gasteiger charge is -2.31. The molecule has 0 atom stereocenters. The van der Waals surface area contributed by atoms with Gasteiger partial charge in [0.25, 0.3) is 0 Å². The van der Waals surface area contributed by atoms with Crippen LogP contribution in [0.2, 0.25) is 0 Å². The van der Waals surface area contributed by atoms with Gasteiger partial charge in [-0.3, -0.25) is 4.99 Å². The zero-order chi connectivity index (χ0) is 17.6. The third kappa shape index (κ3) is 4.38. The van der Waals surface area contributed by atoms with Crippen LogP contribution in [0.15, 0.2) is 33.8 Å². The van der Waals surface area contributed by atoms with E-state index in [2.05, 4.69) is 63.5 Å². The predicted molar refractivity (Wildman–Crippen MR) is 98.6 cm³/mol. The van der Waals surface area contributed by atoms with E-state index < -0.39 is 0 Å². The highest BCUT2D eigenvalue weighted by Crippen LogP contribution is 2.18. The third-order valence-corrected chi connectivity index (χ3v) is 4.49. The Hall–Kier alpha value is -2.37. The first-order chi connectivity index (χ1) is 12.2. The topological polar surface area (TPSA) is 66.5 Å². The normalized spacial score (nSPS) is 14.7. The van der Waals surface area contributed by atoms with Gasteiger partial charge in [-0.1, -0.05) is 43.3 Å². The summed E-state index contributed by atoms with van der Waals surface area (Å²) in [7, 11) is 1.84. The van der Waals surface area contributed by atoms with Crippen LogP contribution in [0.3, 0.4) is 0 Å². The van der Waals surface area contributed by atoms with Crippen molar-refractivity contribution in [3.05, 3.63) is 47.1 Å². The van der Waals surface area contributed by atoms with E-state index in [0.717, 1.165) is 50.7 Å². The molecule has 0 saturated heterocycles. The SMILES string of the molecule is CN=C(NCCCc1nc(C(C)C)no1)N1CCc2ccccc2C1. The molecule has 0 spiro atoms. The van der Waals surface area contributed by atoms with E-state index in [4.69, 9.17) is 4.52 Å². The van der Waals surface area contributed by atoms with Crippen molar-refractivity contribution in [2.45, 2.75) is 45.6 Å². The second-order valence-electron chi connectivity index (χ2n) is 6.72. The minimum absolute atomic E-state index is 0.302. The van der Waals surface area contributed by atoms with Crippen LogP contribution in [-0.2, 0) is 19.4 Å². The summed E-state index contributed by atoms with van der Waals surface area (Å²) in [6.45, 7) is 6.88. The van der Waals surface area contributed by atoms with Crippen LogP contribution in [0.4, 0.5) is 0 Å². The van der Waals surface area contributed by atoms with E-state index in [9.17, 15) is 0 Å². The number of hydrogen-bond acceptors (Lipinski definition) is 4. The monoisotopic (exact) mass is 341 g/mol. The molecule has 3 rings (SSSR count). The number of rotatable bonds is 5.